The Balaban J connectivity index is 0.000000234. The minimum atomic E-state index is -0.727. The molecule has 414 valence electrons. The van der Waals surface area contributed by atoms with E-state index in [1.165, 1.54) is 0 Å². The first-order chi connectivity index (χ1) is 38.3. The van der Waals surface area contributed by atoms with Gasteiger partial charge in [-0.15, -0.1) is 0 Å². The van der Waals surface area contributed by atoms with Crippen molar-refractivity contribution in [1.82, 2.24) is 0 Å². The van der Waals surface area contributed by atoms with Gasteiger partial charge in [-0.25, -0.2) is 28.8 Å². The van der Waals surface area contributed by atoms with Gasteiger partial charge in [0, 0.05) is 46.3 Å². The molecule has 6 aromatic carbocycles. The molecule has 8 rings (SSSR count). The third-order valence-electron chi connectivity index (χ3n) is 13.7. The van der Waals surface area contributed by atoms with Crippen molar-refractivity contribution in [2.45, 2.75) is 99.6 Å². The van der Waals surface area contributed by atoms with Crippen LogP contribution in [0.5, 0.6) is 11.5 Å². The van der Waals surface area contributed by atoms with Crippen LogP contribution in [0.2, 0.25) is 0 Å². The molecule has 12 nitrogen and oxygen atoms in total. The molecule has 0 aromatic heterocycles. The molecule has 0 fully saturated rings. The monoisotopic (exact) mass is 1090 g/mol. The first-order valence-electron chi connectivity index (χ1n) is 26.2. The second-order valence-corrected chi connectivity index (χ2v) is 20.8. The molecule has 4 atom stereocenters. The quantitative estimate of drug-likeness (QED) is 0.0391. The highest BCUT2D eigenvalue weighted by atomic mass is 16.6. The second kappa shape index (κ2) is 25.1. The van der Waals surface area contributed by atoms with Crippen LogP contribution in [-0.4, -0.2) is 48.0 Å². The molecule has 81 heavy (non-hydrogen) atoms. The average molecular weight is 1090 g/mol. The van der Waals surface area contributed by atoms with Crippen LogP contribution in [0.3, 0.4) is 0 Å². The molecule has 0 saturated carbocycles. The largest absolute Gasteiger partial charge is 0.454 e. The topological polar surface area (TPSA) is 158 Å². The van der Waals surface area contributed by atoms with Crippen LogP contribution < -0.4 is 9.47 Å². The van der Waals surface area contributed by atoms with Crippen LogP contribution in [-0.2, 0) is 60.6 Å². The van der Waals surface area contributed by atoms with Gasteiger partial charge in [-0.05, 0) is 170 Å². The van der Waals surface area contributed by atoms with Crippen molar-refractivity contribution in [3.05, 3.63) is 227 Å². The summed E-state index contributed by atoms with van der Waals surface area (Å²) in [6.07, 6.45) is -1.94. The Kier molecular flexibility index (Phi) is 18.4. The lowest BCUT2D eigenvalue weighted by molar-refractivity contribution is -0.161. The van der Waals surface area contributed by atoms with E-state index in [9.17, 15) is 28.8 Å². The summed E-state index contributed by atoms with van der Waals surface area (Å²) < 4.78 is 33.3. The highest BCUT2D eigenvalue weighted by Crippen LogP contribution is 2.42. The smallest absolute Gasteiger partial charge is 0.338 e. The predicted molar refractivity (Wildman–Crippen MR) is 314 cm³/mol. The molecule has 2 aliphatic carbocycles. The Labute approximate surface area is 473 Å². The van der Waals surface area contributed by atoms with E-state index >= 15 is 0 Å². The molecule has 0 N–H and O–H groups in total. The van der Waals surface area contributed by atoms with E-state index in [-0.39, 0.29) is 22.3 Å². The van der Waals surface area contributed by atoms with Crippen LogP contribution in [0.4, 0.5) is 0 Å². The van der Waals surface area contributed by atoms with Gasteiger partial charge < -0.3 is 28.4 Å². The number of fused-ring (bicyclic) bond motifs is 2. The molecule has 6 aromatic rings. The fourth-order valence-corrected chi connectivity index (χ4v) is 9.31. The molecule has 0 amide bonds. The van der Waals surface area contributed by atoms with E-state index in [0.717, 1.165) is 83.5 Å². The summed E-state index contributed by atoms with van der Waals surface area (Å²) in [4.78, 5) is 72.9. The molecule has 0 aliphatic heterocycles. The first kappa shape index (κ1) is 59.2. The Morgan fingerprint density at radius 1 is 0.346 bits per heavy atom. The van der Waals surface area contributed by atoms with Gasteiger partial charge >= 0.3 is 35.8 Å². The zero-order valence-electron chi connectivity index (χ0n) is 47.3. The molecular formula is C69H66O12. The van der Waals surface area contributed by atoms with Gasteiger partial charge in [0.2, 0.25) is 0 Å². The molecule has 4 unspecified atom stereocenters. The summed E-state index contributed by atoms with van der Waals surface area (Å²) in [7, 11) is 0. The maximum absolute atomic E-state index is 12.4. The number of esters is 6. The lowest BCUT2D eigenvalue weighted by atomic mass is 9.91. The minimum absolute atomic E-state index is 0.272. The maximum Gasteiger partial charge on any atom is 0.338 e. The molecule has 2 aliphatic rings. The van der Waals surface area contributed by atoms with E-state index in [1.54, 1.807) is 65.8 Å². The van der Waals surface area contributed by atoms with Crippen molar-refractivity contribution >= 4 is 35.8 Å². The van der Waals surface area contributed by atoms with E-state index in [4.69, 9.17) is 28.4 Å². The number of rotatable bonds is 16. The average Bonchev–Trinajstić information content (AvgIpc) is 4.03. The normalized spacial score (nSPS) is 15.5. The van der Waals surface area contributed by atoms with Crippen LogP contribution in [0, 0.1) is 20.8 Å². The van der Waals surface area contributed by atoms with E-state index in [0.29, 0.717) is 35.5 Å². The Bertz CT molecular complexity index is 3610. The van der Waals surface area contributed by atoms with Gasteiger partial charge in [0.25, 0.3) is 0 Å². The van der Waals surface area contributed by atoms with Crippen molar-refractivity contribution < 1.29 is 57.2 Å². The van der Waals surface area contributed by atoms with Crippen LogP contribution in [0.15, 0.2) is 188 Å². The maximum atomic E-state index is 12.4. The number of carbonyl (C=O) groups excluding carboxylic acids is 6. The Hall–Kier alpha value is -9.42. The van der Waals surface area contributed by atoms with E-state index < -0.39 is 60.2 Å². The predicted octanol–water partition coefficient (Wildman–Crippen LogP) is 14.3. The van der Waals surface area contributed by atoms with Gasteiger partial charge in [0.1, 0.15) is 23.7 Å². The number of hydrogen-bond donors (Lipinski definition) is 0. The lowest BCUT2D eigenvalue weighted by Crippen LogP contribution is -2.26. The second-order valence-electron chi connectivity index (χ2n) is 20.8. The third-order valence-corrected chi connectivity index (χ3v) is 13.7. The third kappa shape index (κ3) is 14.1. The number of hydrogen-bond acceptors (Lipinski definition) is 12. The van der Waals surface area contributed by atoms with Crippen molar-refractivity contribution in [1.29, 1.82) is 0 Å². The highest BCUT2D eigenvalue weighted by molar-refractivity contribution is 5.91. The number of aryl methyl sites for hydroxylation is 3. The van der Waals surface area contributed by atoms with Crippen molar-refractivity contribution in [3.63, 3.8) is 0 Å². The van der Waals surface area contributed by atoms with Crippen molar-refractivity contribution in [2.24, 2.45) is 0 Å². The molecule has 0 heterocycles. The number of ether oxygens (including phenoxy) is 6. The van der Waals surface area contributed by atoms with Gasteiger partial charge in [0.15, 0.2) is 12.2 Å². The molecule has 0 bridgehead atoms. The minimum Gasteiger partial charge on any atom is -0.454 e. The summed E-state index contributed by atoms with van der Waals surface area (Å²) in [6, 6.07) is 37.2. The van der Waals surface area contributed by atoms with Crippen molar-refractivity contribution in [2.75, 3.05) is 0 Å². The van der Waals surface area contributed by atoms with Gasteiger partial charge in [0.05, 0.1) is 0 Å². The number of carbonyl (C=O) groups is 6. The fraction of sp³-hybridized carbons (Fsp3) is 0.217. The molecule has 0 saturated heterocycles. The van der Waals surface area contributed by atoms with Crippen molar-refractivity contribution in [3.8, 4) is 56.0 Å². The molecular weight excluding hydrogens is 1020 g/mol. The van der Waals surface area contributed by atoms with Gasteiger partial charge in [-0.2, -0.15) is 0 Å². The van der Waals surface area contributed by atoms with Gasteiger partial charge in [-0.3, -0.25) is 0 Å². The zero-order valence-corrected chi connectivity index (χ0v) is 47.3. The summed E-state index contributed by atoms with van der Waals surface area (Å²) in [6.45, 7) is 37.6. The number of benzene rings is 6. The first-order valence-corrected chi connectivity index (χ1v) is 26.2. The zero-order chi connectivity index (χ0) is 59.1. The Morgan fingerprint density at radius 3 is 1.05 bits per heavy atom. The fourth-order valence-electron chi connectivity index (χ4n) is 9.31. The summed E-state index contributed by atoms with van der Waals surface area (Å²) in [5.41, 5.74) is 16.7. The van der Waals surface area contributed by atoms with Gasteiger partial charge in [-0.1, -0.05) is 130 Å². The summed E-state index contributed by atoms with van der Waals surface area (Å²) in [5, 5.41) is 0. The van der Waals surface area contributed by atoms with E-state index in [2.05, 4.69) is 89.7 Å². The molecule has 0 spiro atoms. The Morgan fingerprint density at radius 2 is 0.667 bits per heavy atom. The lowest BCUT2D eigenvalue weighted by Gasteiger charge is -2.21. The molecule has 0 radical (unpaired) electrons. The highest BCUT2D eigenvalue weighted by Gasteiger charge is 2.40. The van der Waals surface area contributed by atoms with E-state index in [1.807, 2.05) is 61.5 Å². The SMILES string of the molecule is C=C(C)C(=O)Oc1ccc(-c2cc(C)c(-c3ccc4c(c3)CC(OC(=O)C(=C)C)C4OC(=O)C(=C)C)cc2C)cc1.C=C(C)C(=O)Oc1ccc(-c2ccc(-c3ccc4c(c3)CC(OC(=O)C(=C)C)C4OC(=O)C(=C)C)c(C)c2)cc1. The van der Waals surface area contributed by atoms with Crippen LogP contribution in [0.25, 0.3) is 44.5 Å². The molecule has 12 heteroatoms. The summed E-state index contributed by atoms with van der Waals surface area (Å²) in [5.74, 6) is -2.11. The standard InChI is InChI=1S/C35H34O6.C34H32O6/c1-19(2)33(36)39-27-12-9-24(10-13-27)29-15-23(8)30(16-22(29)7)25-11-14-28-26(17-25)18-31(40-34(37)20(3)4)32(28)41-35(38)21(5)6;1-19(2)32(35)38-27-12-8-23(9-13-27)24-10-14-28(22(7)16-24)25-11-15-29-26(17-25)18-30(39-33(36)20(3)4)31(29)40-34(37)21(5)6/h9-17,31-32H,1,3,5,18H2,2,4,6-8H3;8-17,30-31H,1,3,5,18H2,2,4,6-7H3. The van der Waals surface area contributed by atoms with Crippen LogP contribution in [0.1, 0.15) is 92.7 Å². The van der Waals surface area contributed by atoms with Crippen LogP contribution >= 0.6 is 0 Å². The summed E-state index contributed by atoms with van der Waals surface area (Å²) >= 11 is 0.